The third-order valence-corrected chi connectivity index (χ3v) is 5.22. The van der Waals surface area contributed by atoms with E-state index in [0.29, 0.717) is 24.9 Å². The van der Waals surface area contributed by atoms with Crippen molar-refractivity contribution in [3.05, 3.63) is 57.9 Å². The lowest BCUT2D eigenvalue weighted by molar-refractivity contribution is 0.0950. The van der Waals surface area contributed by atoms with Crippen molar-refractivity contribution in [2.75, 3.05) is 19.6 Å². The Morgan fingerprint density at radius 2 is 2.19 bits per heavy atom. The number of furan rings is 1. The van der Waals surface area contributed by atoms with Crippen molar-refractivity contribution in [1.82, 2.24) is 15.2 Å². The van der Waals surface area contributed by atoms with Gasteiger partial charge in [0.1, 0.15) is 11.3 Å². The maximum atomic E-state index is 12.8. The van der Waals surface area contributed by atoms with E-state index in [-0.39, 0.29) is 29.4 Å². The Kier molecular flexibility index (Phi) is 5.84. The van der Waals surface area contributed by atoms with Crippen molar-refractivity contribution in [3.63, 3.8) is 0 Å². The minimum Gasteiger partial charge on any atom is -0.469 e. The van der Waals surface area contributed by atoms with Gasteiger partial charge in [0, 0.05) is 37.7 Å². The number of piperidine rings is 1. The first-order valence-corrected chi connectivity index (χ1v) is 8.97. The fourth-order valence-corrected chi connectivity index (χ4v) is 3.98. The first kappa shape index (κ1) is 18.7. The molecule has 7 heteroatoms. The van der Waals surface area contributed by atoms with Crippen LogP contribution in [0.15, 0.2) is 39.7 Å². The van der Waals surface area contributed by atoms with E-state index in [4.69, 9.17) is 4.42 Å². The molecule has 2 aromatic heterocycles. The van der Waals surface area contributed by atoms with Gasteiger partial charge in [0.25, 0.3) is 11.5 Å². The zero-order chi connectivity index (χ0) is 17.2. The van der Waals surface area contributed by atoms with E-state index in [9.17, 15) is 9.59 Å². The van der Waals surface area contributed by atoms with Crippen LogP contribution in [0, 0.1) is 5.92 Å². The van der Waals surface area contributed by atoms with E-state index >= 15 is 0 Å². The smallest absolute Gasteiger partial charge is 0.263 e. The summed E-state index contributed by atoms with van der Waals surface area (Å²) in [5, 5.41) is 6.28. The number of amides is 1. The summed E-state index contributed by atoms with van der Waals surface area (Å²) in [4.78, 5) is 25.2. The van der Waals surface area contributed by atoms with Crippen LogP contribution in [0.1, 0.15) is 40.6 Å². The van der Waals surface area contributed by atoms with Crippen LogP contribution < -0.4 is 16.2 Å². The van der Waals surface area contributed by atoms with Gasteiger partial charge in [-0.3, -0.25) is 9.59 Å². The molecule has 0 saturated carbocycles. The van der Waals surface area contributed by atoms with Gasteiger partial charge in [-0.05, 0) is 49.6 Å². The van der Waals surface area contributed by atoms with Crippen LogP contribution in [0.5, 0.6) is 0 Å². The predicted molar refractivity (Wildman–Crippen MR) is 101 cm³/mol. The molecular formula is C19H24ClN3O3. The molecule has 2 aromatic rings. The molecule has 2 N–H and O–H groups in total. The van der Waals surface area contributed by atoms with Crippen molar-refractivity contribution in [3.8, 4) is 0 Å². The molecule has 4 heterocycles. The van der Waals surface area contributed by atoms with Crippen molar-refractivity contribution >= 4 is 18.3 Å². The van der Waals surface area contributed by atoms with Crippen LogP contribution in [0.4, 0.5) is 0 Å². The van der Waals surface area contributed by atoms with Gasteiger partial charge in [0.15, 0.2) is 0 Å². The Balaban J connectivity index is 0.00000196. The van der Waals surface area contributed by atoms with Crippen LogP contribution in [0.2, 0.25) is 0 Å². The monoisotopic (exact) mass is 377 g/mol. The second-order valence-corrected chi connectivity index (χ2v) is 6.98. The van der Waals surface area contributed by atoms with Crippen molar-refractivity contribution in [2.45, 2.75) is 31.7 Å². The van der Waals surface area contributed by atoms with Gasteiger partial charge in [-0.1, -0.05) is 0 Å². The molecule has 26 heavy (non-hydrogen) atoms. The van der Waals surface area contributed by atoms with Crippen LogP contribution in [0.3, 0.4) is 0 Å². The fraction of sp³-hybridized carbons (Fsp3) is 0.474. The van der Waals surface area contributed by atoms with Crippen LogP contribution in [-0.4, -0.2) is 30.1 Å². The minimum absolute atomic E-state index is 0. The molecule has 2 aliphatic heterocycles. The number of fused-ring (bicyclic) bond motifs is 4. The summed E-state index contributed by atoms with van der Waals surface area (Å²) in [7, 11) is 0. The summed E-state index contributed by atoms with van der Waals surface area (Å²) in [6, 6.07) is 7.41. The topological polar surface area (TPSA) is 76.3 Å². The molecule has 140 valence electrons. The lowest BCUT2D eigenvalue weighted by Gasteiger charge is -2.37. The number of carbonyl (C=O) groups is 1. The van der Waals surface area contributed by atoms with Crippen LogP contribution in [0.25, 0.3) is 0 Å². The molecule has 0 spiro atoms. The highest BCUT2D eigenvalue weighted by Crippen LogP contribution is 2.31. The summed E-state index contributed by atoms with van der Waals surface area (Å²) in [6.07, 6.45) is 4.33. The Labute approximate surface area is 158 Å². The lowest BCUT2D eigenvalue weighted by atomic mass is 9.84. The van der Waals surface area contributed by atoms with E-state index in [2.05, 4.69) is 10.6 Å². The van der Waals surface area contributed by atoms with Gasteiger partial charge in [0.2, 0.25) is 0 Å². The summed E-state index contributed by atoms with van der Waals surface area (Å²) in [6.45, 7) is 3.09. The number of halogens is 1. The molecule has 0 unspecified atom stereocenters. The average Bonchev–Trinajstić information content (AvgIpc) is 3.13. The zero-order valence-corrected chi connectivity index (χ0v) is 15.4. The minimum atomic E-state index is -0.284. The third kappa shape index (κ3) is 3.71. The second kappa shape index (κ2) is 8.10. The quantitative estimate of drug-likeness (QED) is 0.781. The molecule has 1 amide bonds. The van der Waals surface area contributed by atoms with E-state index in [1.54, 1.807) is 12.3 Å². The zero-order valence-electron chi connectivity index (χ0n) is 14.6. The highest BCUT2D eigenvalue weighted by Gasteiger charge is 2.31. The number of pyridine rings is 1. The number of aryl methyl sites for hydroxylation is 1. The number of hydrogen-bond donors (Lipinski definition) is 2. The molecule has 0 radical (unpaired) electrons. The fourth-order valence-electron chi connectivity index (χ4n) is 3.98. The number of aromatic nitrogens is 1. The first-order valence-electron chi connectivity index (χ1n) is 8.97. The van der Waals surface area contributed by atoms with Gasteiger partial charge in [-0.25, -0.2) is 0 Å². The van der Waals surface area contributed by atoms with Gasteiger partial charge in [0.05, 0.1) is 6.26 Å². The highest BCUT2D eigenvalue weighted by atomic mass is 35.5. The highest BCUT2D eigenvalue weighted by molar-refractivity contribution is 5.93. The van der Waals surface area contributed by atoms with E-state index < -0.39 is 0 Å². The Bertz CT molecular complexity index is 816. The first-order chi connectivity index (χ1) is 12.2. The van der Waals surface area contributed by atoms with E-state index in [0.717, 1.165) is 43.8 Å². The Morgan fingerprint density at radius 1 is 1.31 bits per heavy atom. The SMILES string of the molecule is Cl.O=C(NCCCc1ccco1)c1ccc2n(c1=O)C[C@@H]1CNC[C@H]2C1. The maximum Gasteiger partial charge on any atom is 0.263 e. The number of rotatable bonds is 5. The van der Waals surface area contributed by atoms with Crippen LogP contribution >= 0.6 is 12.4 Å². The largest absolute Gasteiger partial charge is 0.469 e. The Morgan fingerprint density at radius 3 is 3.00 bits per heavy atom. The van der Waals surface area contributed by atoms with Gasteiger partial charge >= 0.3 is 0 Å². The van der Waals surface area contributed by atoms with Crippen molar-refractivity contribution in [1.29, 1.82) is 0 Å². The molecule has 4 rings (SSSR count). The average molecular weight is 378 g/mol. The van der Waals surface area contributed by atoms with E-state index in [1.165, 1.54) is 0 Å². The molecule has 2 aliphatic rings. The maximum absolute atomic E-state index is 12.8. The van der Waals surface area contributed by atoms with Crippen molar-refractivity contribution < 1.29 is 9.21 Å². The van der Waals surface area contributed by atoms with Crippen LogP contribution in [-0.2, 0) is 13.0 Å². The molecule has 6 nitrogen and oxygen atoms in total. The molecule has 2 atom stereocenters. The number of nitrogens with one attached hydrogen (secondary N) is 2. The lowest BCUT2D eigenvalue weighted by Crippen LogP contribution is -2.46. The summed E-state index contributed by atoms with van der Waals surface area (Å²) < 4.78 is 7.09. The predicted octanol–water partition coefficient (Wildman–Crippen LogP) is 1.93. The molecule has 1 fully saturated rings. The standard InChI is InChI=1S/C19H23N3O3.ClH/c23-18(21-7-1-3-15-4-2-8-25-15)16-5-6-17-14-9-13(10-20-11-14)12-22(17)19(16)24;/h2,4-6,8,13-14,20H,1,3,7,9-12H2,(H,21,23);1H/t13-,14+;/m0./s1. The van der Waals surface area contributed by atoms with E-state index in [1.807, 2.05) is 22.8 Å². The van der Waals surface area contributed by atoms with Gasteiger partial charge in [-0.15, -0.1) is 12.4 Å². The normalized spacial score (nSPS) is 20.8. The molecule has 2 bridgehead atoms. The summed E-state index contributed by atoms with van der Waals surface area (Å²) >= 11 is 0. The van der Waals surface area contributed by atoms with Gasteiger partial charge < -0.3 is 19.6 Å². The van der Waals surface area contributed by atoms with Gasteiger partial charge in [-0.2, -0.15) is 0 Å². The molecular weight excluding hydrogens is 354 g/mol. The number of nitrogens with zero attached hydrogens (tertiary/aromatic N) is 1. The number of carbonyl (C=O) groups excluding carboxylic acids is 1. The van der Waals surface area contributed by atoms with Crippen molar-refractivity contribution in [2.24, 2.45) is 5.92 Å². The summed E-state index contributed by atoms with van der Waals surface area (Å²) in [5.74, 6) is 1.48. The second-order valence-electron chi connectivity index (χ2n) is 6.98. The number of hydrogen-bond acceptors (Lipinski definition) is 4. The molecule has 0 aliphatic carbocycles. The Hall–Kier alpha value is -2.05. The summed E-state index contributed by atoms with van der Waals surface area (Å²) in [5.41, 5.74) is 1.15. The molecule has 1 saturated heterocycles. The molecule has 0 aromatic carbocycles. The third-order valence-electron chi connectivity index (χ3n) is 5.22.